The first-order chi connectivity index (χ1) is 28.4. The van der Waals surface area contributed by atoms with Gasteiger partial charge in [-0.1, -0.05) is 19.3 Å². The van der Waals surface area contributed by atoms with Crippen molar-refractivity contribution >= 4 is 73.1 Å². The third kappa shape index (κ3) is 21.8. The van der Waals surface area contributed by atoms with Crippen LogP contribution >= 0.6 is 19.5 Å². The van der Waals surface area contributed by atoms with Gasteiger partial charge < -0.3 is 57.3 Å². The van der Waals surface area contributed by atoms with E-state index in [2.05, 4.69) is 31.3 Å². The number of unbranched alkanes of at least 4 members (excludes halogenated alkanes) is 5. The van der Waals surface area contributed by atoms with Crippen molar-refractivity contribution in [2.45, 2.75) is 138 Å². The van der Waals surface area contributed by atoms with Gasteiger partial charge in [0, 0.05) is 56.2 Å². The Morgan fingerprint density at radius 2 is 1.37 bits per heavy atom. The zero-order chi connectivity index (χ0) is 44.7. The predicted molar refractivity (Wildman–Crippen MR) is 212 cm³/mol. The van der Waals surface area contributed by atoms with E-state index in [9.17, 15) is 57.7 Å². The van der Waals surface area contributed by atoms with Crippen LogP contribution in [0.3, 0.4) is 0 Å². The lowest BCUT2D eigenvalue weighted by Crippen LogP contribution is -2.46. The van der Waals surface area contributed by atoms with Crippen molar-refractivity contribution in [3.8, 4) is 0 Å². The number of carboxylic acids is 3. The summed E-state index contributed by atoms with van der Waals surface area (Å²) in [6.45, 7) is -0.238. The Labute approximate surface area is 350 Å². The molecule has 5 amide bonds. The number of fused-ring (bicyclic) bond motifs is 1. The van der Waals surface area contributed by atoms with E-state index in [0.717, 1.165) is 37.9 Å². The smallest absolute Gasteiger partial charge is 0.403 e. The lowest BCUT2D eigenvalue weighted by Gasteiger charge is -2.21. The Kier molecular flexibility index (Phi) is 23.7. The second kappa shape index (κ2) is 27.5. The maximum Gasteiger partial charge on any atom is 0.403 e. The minimum atomic E-state index is -5.05. The normalized spacial score (nSPS) is 19.3. The van der Waals surface area contributed by atoms with E-state index in [1.807, 2.05) is 11.8 Å². The highest BCUT2D eigenvalue weighted by molar-refractivity contribution is 8.00. The van der Waals surface area contributed by atoms with Gasteiger partial charge in [-0.25, -0.2) is 19.2 Å². The van der Waals surface area contributed by atoms with Gasteiger partial charge in [0.15, 0.2) is 6.04 Å². The Bertz CT molecular complexity index is 1560. The van der Waals surface area contributed by atoms with Crippen molar-refractivity contribution in [1.82, 2.24) is 31.7 Å². The zero-order valence-electron chi connectivity index (χ0n) is 33.2. The number of rotatable bonds is 32. The van der Waals surface area contributed by atoms with Crippen molar-refractivity contribution in [2.75, 3.05) is 25.4 Å². The van der Waals surface area contributed by atoms with E-state index in [1.54, 1.807) is 5.09 Å². The molecule has 60 heavy (non-hydrogen) atoms. The van der Waals surface area contributed by atoms with Crippen LogP contribution in [-0.2, 0) is 52.2 Å². The first-order valence-corrected chi connectivity index (χ1v) is 22.4. The molecule has 7 atom stereocenters. The molecule has 0 saturated carbocycles. The molecule has 340 valence electrons. The van der Waals surface area contributed by atoms with Gasteiger partial charge in [0.1, 0.15) is 12.1 Å². The van der Waals surface area contributed by atoms with Gasteiger partial charge in [0.2, 0.25) is 17.7 Å². The Hall–Kier alpha value is -4.35. The summed E-state index contributed by atoms with van der Waals surface area (Å²) < 4.78 is 22.0. The summed E-state index contributed by atoms with van der Waals surface area (Å²) >= 11 is 1.85. The minimum absolute atomic E-state index is 0.00942. The predicted octanol–water partition coefficient (Wildman–Crippen LogP) is -0.163. The lowest BCUT2D eigenvalue weighted by atomic mass is 10.0. The number of esters is 2. The largest absolute Gasteiger partial charge is 0.481 e. The lowest BCUT2D eigenvalue weighted by molar-refractivity contribution is -0.162. The topological polar surface area (TPSA) is 368 Å². The summed E-state index contributed by atoms with van der Waals surface area (Å²) in [6, 6.07) is -4.91. The summed E-state index contributed by atoms with van der Waals surface area (Å²) in [5.74, 6) is -7.13. The molecule has 23 nitrogen and oxygen atoms in total. The maximum atomic E-state index is 12.7. The van der Waals surface area contributed by atoms with Crippen LogP contribution in [0.5, 0.6) is 0 Å². The number of urea groups is 1. The number of carbonyl (C=O) groups is 9. The molecule has 0 radical (unpaired) electrons. The quantitative estimate of drug-likeness (QED) is 0.0137. The first kappa shape index (κ1) is 51.8. The molecule has 0 aliphatic carbocycles. The number of carbonyl (C=O) groups excluding carboxylic acids is 6. The van der Waals surface area contributed by atoms with Crippen LogP contribution in [0.2, 0.25) is 0 Å². The molecule has 2 rings (SSSR count). The SMILES string of the molecule is N[C@@H](CCC(=O)OC(=O)[C@H](COP(=O)(O)N[C@@H](CCC(=O)O)C(=O)O)NC(=O)CCCCCNC(=O)CCCCCNC(=O)CCCCC1SCC2NC(=O)NC21)C(=O)O. The van der Waals surface area contributed by atoms with E-state index >= 15 is 0 Å². The molecular weight excluding hydrogens is 837 g/mol. The maximum absolute atomic E-state index is 12.7. The molecule has 4 unspecified atom stereocenters. The number of ether oxygens (including phenoxy) is 1. The first-order valence-electron chi connectivity index (χ1n) is 19.8. The highest BCUT2D eigenvalue weighted by atomic mass is 32.2. The van der Waals surface area contributed by atoms with Gasteiger partial charge in [-0.2, -0.15) is 11.8 Å². The van der Waals surface area contributed by atoms with Gasteiger partial charge >= 0.3 is 43.6 Å². The molecule has 2 heterocycles. The molecule has 0 spiro atoms. The van der Waals surface area contributed by atoms with E-state index in [4.69, 9.17) is 20.5 Å². The monoisotopic (exact) mass is 895 g/mol. The van der Waals surface area contributed by atoms with Crippen LogP contribution in [0.15, 0.2) is 0 Å². The fourth-order valence-electron chi connectivity index (χ4n) is 6.07. The molecule has 12 N–H and O–H groups in total. The average molecular weight is 896 g/mol. The molecule has 0 aromatic rings. The van der Waals surface area contributed by atoms with Gasteiger partial charge in [0.25, 0.3) is 0 Å². The van der Waals surface area contributed by atoms with Crippen molar-refractivity contribution in [3.63, 3.8) is 0 Å². The molecule has 0 bridgehead atoms. The van der Waals surface area contributed by atoms with E-state index < -0.39 is 93.9 Å². The standard InChI is InChI=1S/C35H58N7O16PS/c36-21(32(49)50)13-16-30(48)58-34(53)23(19-57-59(55,56)42-22(33(51)52)14-15-29(46)47)39-28(45)12-4-2-8-18-37-26(43)10-3-1-7-17-38-27(44)11-6-5-9-25-31-24(20-60-25)40-35(54)41-31/h21-25,31H,1-20,36H2,(H,37,43)(H,38,44)(H,39,45)(H,46,47)(H,49,50)(H,51,52)(H2,40,41,54)(H2,42,55,56)/t21-,22-,23-,24?,25?,31?/m0/s1. The Balaban J connectivity index is 1.64. The number of carboxylic acid groups (broad SMARTS) is 3. The molecule has 2 aliphatic rings. The molecule has 0 aromatic heterocycles. The zero-order valence-corrected chi connectivity index (χ0v) is 34.9. The van der Waals surface area contributed by atoms with Crippen LogP contribution in [0, 0.1) is 0 Å². The molecular formula is C35H58N7O16PS. The summed E-state index contributed by atoms with van der Waals surface area (Å²) in [5.41, 5.74) is 5.34. The number of aliphatic carboxylic acids is 3. The summed E-state index contributed by atoms with van der Waals surface area (Å²) in [6.07, 6.45) is 4.29. The second-order valence-electron chi connectivity index (χ2n) is 14.4. The minimum Gasteiger partial charge on any atom is -0.481 e. The summed E-state index contributed by atoms with van der Waals surface area (Å²) in [7, 11) is -5.05. The van der Waals surface area contributed by atoms with Crippen LogP contribution < -0.4 is 37.4 Å². The van der Waals surface area contributed by atoms with Crippen molar-refractivity contribution in [1.29, 1.82) is 0 Å². The van der Waals surface area contributed by atoms with Gasteiger partial charge in [-0.05, 0) is 51.4 Å². The van der Waals surface area contributed by atoms with Crippen molar-refractivity contribution in [3.05, 3.63) is 0 Å². The molecule has 0 aromatic carbocycles. The fourth-order valence-corrected chi connectivity index (χ4v) is 8.67. The van der Waals surface area contributed by atoms with Crippen LogP contribution in [0.4, 0.5) is 4.79 Å². The average Bonchev–Trinajstić information content (AvgIpc) is 3.73. The van der Waals surface area contributed by atoms with Crippen LogP contribution in [-0.4, -0.2) is 135 Å². The summed E-state index contributed by atoms with van der Waals surface area (Å²) in [4.78, 5) is 117. The second-order valence-corrected chi connectivity index (χ2v) is 17.2. The number of nitrogens with two attached hydrogens (primary N) is 1. The number of hydrogen-bond acceptors (Lipinski definition) is 14. The van der Waals surface area contributed by atoms with E-state index in [-0.39, 0.29) is 42.8 Å². The third-order valence-corrected chi connectivity index (χ3v) is 12.0. The Morgan fingerprint density at radius 3 is 1.95 bits per heavy atom. The van der Waals surface area contributed by atoms with Crippen molar-refractivity contribution < 1.29 is 77.2 Å². The van der Waals surface area contributed by atoms with Crippen LogP contribution in [0.1, 0.15) is 103 Å². The van der Waals surface area contributed by atoms with Gasteiger partial charge in [-0.15, -0.1) is 0 Å². The summed E-state index contributed by atoms with van der Waals surface area (Å²) in [5, 5.41) is 42.8. The number of amides is 5. The third-order valence-electron chi connectivity index (χ3n) is 9.38. The number of nitrogens with one attached hydrogen (secondary N) is 6. The van der Waals surface area contributed by atoms with Crippen molar-refractivity contribution in [2.24, 2.45) is 5.73 Å². The van der Waals surface area contributed by atoms with Gasteiger partial charge in [-0.3, -0.25) is 38.1 Å². The molecule has 2 aliphatic heterocycles. The van der Waals surface area contributed by atoms with E-state index in [1.165, 1.54) is 0 Å². The molecule has 2 fully saturated rings. The number of hydrogen-bond donors (Lipinski definition) is 11. The Morgan fingerprint density at radius 1 is 0.767 bits per heavy atom. The van der Waals surface area contributed by atoms with E-state index in [0.29, 0.717) is 50.4 Å². The fraction of sp³-hybridized carbons (Fsp3) is 0.743. The number of thioether (sulfide) groups is 1. The van der Waals surface area contributed by atoms with Crippen LogP contribution in [0.25, 0.3) is 0 Å². The highest BCUT2D eigenvalue weighted by Gasteiger charge is 2.42. The molecule has 2 saturated heterocycles. The van der Waals surface area contributed by atoms with Gasteiger partial charge in [0.05, 0.1) is 18.7 Å². The highest BCUT2D eigenvalue weighted by Crippen LogP contribution is 2.38. The molecule has 25 heteroatoms.